The molecule has 0 atom stereocenters. The maximum absolute atomic E-state index is 12.6. The summed E-state index contributed by atoms with van der Waals surface area (Å²) >= 11 is 0. The van der Waals surface area contributed by atoms with Crippen molar-refractivity contribution < 1.29 is 22.7 Å². The zero-order valence-corrected chi connectivity index (χ0v) is 17.6. The first-order valence-corrected chi connectivity index (χ1v) is 11.2. The van der Waals surface area contributed by atoms with Crippen LogP contribution in [0.1, 0.15) is 45.1 Å². The molecule has 2 rings (SSSR count). The van der Waals surface area contributed by atoms with Crippen LogP contribution in [0, 0.1) is 5.92 Å². The number of carbonyl (C=O) groups is 2. The lowest BCUT2D eigenvalue weighted by molar-refractivity contribution is -0.141. The smallest absolute Gasteiger partial charge is 0.307 e. The fourth-order valence-electron chi connectivity index (χ4n) is 2.82. The highest BCUT2D eigenvalue weighted by Crippen LogP contribution is 2.22. The molecule has 156 valence electrons. The number of methoxy groups -OCH3 is 1. The van der Waals surface area contributed by atoms with Gasteiger partial charge in [0.05, 0.1) is 18.4 Å². The standard InChI is InChI=1S/C20H30N2O5S/c1-15(2)14-22(13-12-20(24)27-3)19(23)11-6-16-4-9-18(10-5-16)28(25,26)21-17-7-8-17/h4-5,9-10,15,17,21H,6-8,11-14H2,1-3H3. The first kappa shape index (κ1) is 22.4. The molecule has 0 bridgehead atoms. The third-order valence-corrected chi connectivity index (χ3v) is 6.05. The SMILES string of the molecule is COC(=O)CCN(CC(C)C)C(=O)CCc1ccc(S(=O)(=O)NC2CC2)cc1. The lowest BCUT2D eigenvalue weighted by atomic mass is 10.1. The number of aryl methyl sites for hydroxylation is 1. The van der Waals surface area contributed by atoms with Gasteiger partial charge in [0.25, 0.3) is 0 Å². The molecule has 0 aromatic heterocycles. The van der Waals surface area contributed by atoms with Gasteiger partial charge in [-0.2, -0.15) is 0 Å². The first-order valence-electron chi connectivity index (χ1n) is 9.67. The summed E-state index contributed by atoms with van der Waals surface area (Å²) in [7, 11) is -2.12. The van der Waals surface area contributed by atoms with Gasteiger partial charge in [0.15, 0.2) is 0 Å². The van der Waals surface area contributed by atoms with Crippen molar-refractivity contribution in [1.29, 1.82) is 0 Å². The Hall–Kier alpha value is -1.93. The Balaban J connectivity index is 1.90. The van der Waals surface area contributed by atoms with Gasteiger partial charge in [-0.3, -0.25) is 9.59 Å². The van der Waals surface area contributed by atoms with E-state index in [1.54, 1.807) is 29.2 Å². The van der Waals surface area contributed by atoms with Crippen molar-refractivity contribution in [3.8, 4) is 0 Å². The van der Waals surface area contributed by atoms with E-state index in [9.17, 15) is 18.0 Å². The minimum Gasteiger partial charge on any atom is -0.469 e. The van der Waals surface area contributed by atoms with Gasteiger partial charge in [-0.15, -0.1) is 0 Å². The summed E-state index contributed by atoms with van der Waals surface area (Å²) in [4.78, 5) is 25.9. The van der Waals surface area contributed by atoms with Gasteiger partial charge >= 0.3 is 5.97 Å². The van der Waals surface area contributed by atoms with E-state index in [0.29, 0.717) is 31.8 Å². The summed E-state index contributed by atoms with van der Waals surface area (Å²) in [6.07, 6.45) is 2.78. The van der Waals surface area contributed by atoms with Crippen LogP contribution in [-0.2, 0) is 30.8 Å². The number of carbonyl (C=O) groups excluding carboxylic acids is 2. The van der Waals surface area contributed by atoms with E-state index in [1.807, 2.05) is 13.8 Å². The zero-order chi connectivity index (χ0) is 20.7. The van der Waals surface area contributed by atoms with E-state index >= 15 is 0 Å². The second-order valence-electron chi connectivity index (χ2n) is 7.60. The van der Waals surface area contributed by atoms with Crippen LogP contribution in [0.3, 0.4) is 0 Å². The van der Waals surface area contributed by atoms with Crippen LogP contribution in [-0.4, -0.2) is 51.4 Å². The maximum Gasteiger partial charge on any atom is 0.307 e. The molecule has 1 saturated carbocycles. The Labute approximate surface area is 167 Å². The normalized spacial score (nSPS) is 14.1. The Bertz CT molecular complexity index is 770. The van der Waals surface area contributed by atoms with E-state index in [0.717, 1.165) is 18.4 Å². The summed E-state index contributed by atoms with van der Waals surface area (Å²) in [6, 6.07) is 6.71. The number of sulfonamides is 1. The van der Waals surface area contributed by atoms with Crippen LogP contribution in [0.25, 0.3) is 0 Å². The number of benzene rings is 1. The highest BCUT2D eigenvalue weighted by atomic mass is 32.2. The number of ether oxygens (including phenoxy) is 1. The average molecular weight is 411 g/mol. The van der Waals surface area contributed by atoms with Crippen molar-refractivity contribution in [3.63, 3.8) is 0 Å². The van der Waals surface area contributed by atoms with Gasteiger partial charge in [0.2, 0.25) is 15.9 Å². The zero-order valence-electron chi connectivity index (χ0n) is 16.8. The number of nitrogens with one attached hydrogen (secondary N) is 1. The molecule has 28 heavy (non-hydrogen) atoms. The number of hydrogen-bond donors (Lipinski definition) is 1. The summed E-state index contributed by atoms with van der Waals surface area (Å²) in [5.74, 6) is -0.0621. The van der Waals surface area contributed by atoms with Crippen molar-refractivity contribution in [2.45, 2.75) is 56.9 Å². The molecule has 0 radical (unpaired) electrons. The van der Waals surface area contributed by atoms with Crippen molar-refractivity contribution in [3.05, 3.63) is 29.8 Å². The maximum atomic E-state index is 12.6. The molecule has 0 saturated heterocycles. The van der Waals surface area contributed by atoms with Gasteiger partial charge < -0.3 is 9.64 Å². The molecular formula is C20H30N2O5S. The molecule has 1 aromatic carbocycles. The van der Waals surface area contributed by atoms with Crippen LogP contribution in [0.2, 0.25) is 0 Å². The van der Waals surface area contributed by atoms with E-state index in [-0.39, 0.29) is 29.2 Å². The van der Waals surface area contributed by atoms with Gasteiger partial charge in [-0.1, -0.05) is 26.0 Å². The Kier molecular flexibility index (Phi) is 8.00. The molecular weight excluding hydrogens is 380 g/mol. The quantitative estimate of drug-likeness (QED) is 0.564. The molecule has 1 N–H and O–H groups in total. The van der Waals surface area contributed by atoms with Gasteiger partial charge in [0, 0.05) is 25.6 Å². The Morgan fingerprint density at radius 1 is 1.18 bits per heavy atom. The lowest BCUT2D eigenvalue weighted by Gasteiger charge is -2.24. The van der Waals surface area contributed by atoms with Crippen LogP contribution in [0.5, 0.6) is 0 Å². The summed E-state index contributed by atoms with van der Waals surface area (Å²) in [5, 5.41) is 0. The molecule has 1 aromatic rings. The molecule has 1 amide bonds. The van der Waals surface area contributed by atoms with Crippen LogP contribution < -0.4 is 4.72 Å². The fraction of sp³-hybridized carbons (Fsp3) is 0.600. The third-order valence-electron chi connectivity index (χ3n) is 4.51. The molecule has 7 nitrogen and oxygen atoms in total. The van der Waals surface area contributed by atoms with Crippen molar-refractivity contribution in [1.82, 2.24) is 9.62 Å². The lowest BCUT2D eigenvalue weighted by Crippen LogP contribution is -2.36. The number of amides is 1. The molecule has 8 heteroatoms. The van der Waals surface area contributed by atoms with Crippen LogP contribution in [0.4, 0.5) is 0 Å². The van der Waals surface area contributed by atoms with E-state index in [4.69, 9.17) is 0 Å². The molecule has 0 aliphatic heterocycles. The van der Waals surface area contributed by atoms with Crippen LogP contribution >= 0.6 is 0 Å². The largest absolute Gasteiger partial charge is 0.469 e. The van der Waals surface area contributed by atoms with Gasteiger partial charge in [-0.05, 0) is 42.9 Å². The first-order chi connectivity index (χ1) is 13.2. The molecule has 0 spiro atoms. The van der Waals surface area contributed by atoms with Gasteiger partial charge in [0.1, 0.15) is 0 Å². The summed E-state index contributed by atoms with van der Waals surface area (Å²) in [6.45, 7) is 4.97. The predicted octanol–water partition coefficient (Wildman–Crippen LogP) is 2.11. The highest BCUT2D eigenvalue weighted by molar-refractivity contribution is 7.89. The van der Waals surface area contributed by atoms with E-state index in [1.165, 1.54) is 7.11 Å². The minimum absolute atomic E-state index is 0.0234. The predicted molar refractivity (Wildman–Crippen MR) is 106 cm³/mol. The minimum atomic E-state index is -3.46. The topological polar surface area (TPSA) is 92.8 Å². The number of nitrogens with zero attached hydrogens (tertiary/aromatic N) is 1. The molecule has 1 fully saturated rings. The van der Waals surface area contributed by atoms with E-state index in [2.05, 4.69) is 9.46 Å². The average Bonchev–Trinajstić information content (AvgIpc) is 3.46. The fourth-order valence-corrected chi connectivity index (χ4v) is 4.13. The van der Waals surface area contributed by atoms with Gasteiger partial charge in [-0.25, -0.2) is 13.1 Å². The second kappa shape index (κ2) is 10.0. The molecule has 1 aliphatic rings. The number of esters is 1. The van der Waals surface area contributed by atoms with Crippen molar-refractivity contribution >= 4 is 21.9 Å². The third kappa shape index (κ3) is 7.24. The Morgan fingerprint density at radius 2 is 1.82 bits per heavy atom. The van der Waals surface area contributed by atoms with Crippen molar-refractivity contribution in [2.24, 2.45) is 5.92 Å². The number of rotatable bonds is 11. The summed E-state index contributed by atoms with van der Waals surface area (Å²) < 4.78 is 31.7. The second-order valence-corrected chi connectivity index (χ2v) is 9.31. The highest BCUT2D eigenvalue weighted by Gasteiger charge is 2.27. The Morgan fingerprint density at radius 3 is 2.36 bits per heavy atom. The monoisotopic (exact) mass is 410 g/mol. The number of hydrogen-bond acceptors (Lipinski definition) is 5. The van der Waals surface area contributed by atoms with Crippen LogP contribution in [0.15, 0.2) is 29.2 Å². The molecule has 0 heterocycles. The molecule has 1 aliphatic carbocycles. The van der Waals surface area contributed by atoms with Crippen molar-refractivity contribution in [2.75, 3.05) is 20.2 Å². The summed E-state index contributed by atoms with van der Waals surface area (Å²) in [5.41, 5.74) is 0.899. The molecule has 0 unspecified atom stereocenters. The van der Waals surface area contributed by atoms with E-state index < -0.39 is 10.0 Å².